The molecule has 0 unspecified atom stereocenters. The summed E-state index contributed by atoms with van der Waals surface area (Å²) in [5.41, 5.74) is 1.24. The predicted octanol–water partition coefficient (Wildman–Crippen LogP) is 3.37. The van der Waals surface area contributed by atoms with Crippen LogP contribution in [0.3, 0.4) is 0 Å². The lowest BCUT2D eigenvalue weighted by atomic mass is 9.85. The van der Waals surface area contributed by atoms with Crippen molar-refractivity contribution < 1.29 is 4.42 Å². The molecule has 1 saturated carbocycles. The highest BCUT2D eigenvalue weighted by Gasteiger charge is 2.26. The van der Waals surface area contributed by atoms with E-state index >= 15 is 0 Å². The van der Waals surface area contributed by atoms with Gasteiger partial charge in [-0.05, 0) is 50.4 Å². The van der Waals surface area contributed by atoms with Gasteiger partial charge in [0.15, 0.2) is 0 Å². The van der Waals surface area contributed by atoms with Gasteiger partial charge < -0.3 is 9.73 Å². The maximum Gasteiger partial charge on any atom is 0.315 e. The number of hydrogen-bond donors (Lipinski definition) is 1. The third kappa shape index (κ3) is 3.43. The van der Waals surface area contributed by atoms with E-state index in [-0.39, 0.29) is 6.04 Å². The number of pyridine rings is 1. The lowest BCUT2D eigenvalue weighted by Crippen LogP contribution is -2.37. The monoisotopic (exact) mass is 327 g/mol. The van der Waals surface area contributed by atoms with Gasteiger partial charge in [-0.2, -0.15) is 0 Å². The van der Waals surface area contributed by atoms with Gasteiger partial charge in [-0.3, -0.25) is 9.88 Å². The van der Waals surface area contributed by atoms with Crippen molar-refractivity contribution in [3.05, 3.63) is 36.0 Å². The topological polar surface area (TPSA) is 67.1 Å². The van der Waals surface area contributed by atoms with Crippen molar-refractivity contribution in [2.24, 2.45) is 0 Å². The molecule has 1 N–H and O–H groups in total. The minimum absolute atomic E-state index is 0.290. The van der Waals surface area contributed by atoms with Gasteiger partial charge in [0.05, 0.1) is 6.04 Å². The van der Waals surface area contributed by atoms with Gasteiger partial charge >= 0.3 is 6.01 Å². The molecule has 6 heteroatoms. The van der Waals surface area contributed by atoms with Crippen molar-refractivity contribution in [2.45, 2.75) is 50.5 Å². The second kappa shape index (κ2) is 7.30. The molecule has 1 aliphatic carbocycles. The Hall–Kier alpha value is -1.95. The van der Waals surface area contributed by atoms with Crippen molar-refractivity contribution in [1.82, 2.24) is 20.1 Å². The Labute approximate surface area is 142 Å². The molecule has 2 aliphatic rings. The summed E-state index contributed by atoms with van der Waals surface area (Å²) >= 11 is 0. The van der Waals surface area contributed by atoms with Crippen LogP contribution in [0.15, 0.2) is 28.9 Å². The van der Waals surface area contributed by atoms with Crippen LogP contribution in [-0.4, -0.2) is 39.7 Å². The number of rotatable bonds is 6. The summed E-state index contributed by atoms with van der Waals surface area (Å²) in [7, 11) is 0. The third-order valence-electron chi connectivity index (χ3n) is 5.24. The molecule has 4 rings (SSSR count). The summed E-state index contributed by atoms with van der Waals surface area (Å²) in [5.74, 6) is 1.27. The lowest BCUT2D eigenvalue weighted by molar-refractivity contribution is 0.169. The van der Waals surface area contributed by atoms with E-state index in [1.165, 1.54) is 44.1 Å². The standard InChI is InChI=1S/C18H25N5O/c1-2-10-23(11-3-1)16(15-8-5-9-19-12-15)13-20-18-22-21-17(24-18)14-6-4-7-14/h5,8-9,12,14,16H,1-4,6-7,10-11,13H2,(H,20,22)/t16-/m0/s1. The first-order valence-electron chi connectivity index (χ1n) is 9.11. The summed E-state index contributed by atoms with van der Waals surface area (Å²) < 4.78 is 5.79. The Kier molecular flexibility index (Phi) is 4.74. The third-order valence-corrected chi connectivity index (χ3v) is 5.24. The second-order valence-corrected chi connectivity index (χ2v) is 6.85. The Bertz CT molecular complexity index is 634. The minimum atomic E-state index is 0.290. The molecule has 24 heavy (non-hydrogen) atoms. The van der Waals surface area contributed by atoms with Crippen molar-refractivity contribution in [3.63, 3.8) is 0 Å². The summed E-state index contributed by atoms with van der Waals surface area (Å²) in [6, 6.07) is 5.00. The van der Waals surface area contributed by atoms with Crippen LogP contribution in [0, 0.1) is 0 Å². The van der Waals surface area contributed by atoms with Gasteiger partial charge in [0, 0.05) is 24.9 Å². The van der Waals surface area contributed by atoms with E-state index in [1.54, 1.807) is 0 Å². The van der Waals surface area contributed by atoms with Crippen LogP contribution in [0.25, 0.3) is 0 Å². The summed E-state index contributed by atoms with van der Waals surface area (Å²) in [4.78, 5) is 6.83. The van der Waals surface area contributed by atoms with Gasteiger partial charge in [0.2, 0.25) is 5.89 Å². The second-order valence-electron chi connectivity index (χ2n) is 6.85. The first-order valence-corrected chi connectivity index (χ1v) is 9.11. The number of anilines is 1. The highest BCUT2D eigenvalue weighted by atomic mass is 16.4. The number of hydrogen-bond acceptors (Lipinski definition) is 6. The zero-order valence-corrected chi connectivity index (χ0v) is 14.0. The van der Waals surface area contributed by atoms with Crippen molar-refractivity contribution in [1.29, 1.82) is 0 Å². The molecule has 1 atom stereocenters. The molecule has 2 aromatic heterocycles. The smallest absolute Gasteiger partial charge is 0.315 e. The van der Waals surface area contributed by atoms with Crippen LogP contribution >= 0.6 is 0 Å². The molecule has 0 radical (unpaired) electrons. The molecular weight excluding hydrogens is 302 g/mol. The molecule has 3 heterocycles. The first kappa shape index (κ1) is 15.6. The Morgan fingerprint density at radius 3 is 2.75 bits per heavy atom. The Morgan fingerprint density at radius 2 is 2.04 bits per heavy atom. The van der Waals surface area contributed by atoms with E-state index in [1.807, 2.05) is 18.5 Å². The normalized spacial score (nSPS) is 20.5. The van der Waals surface area contributed by atoms with E-state index in [2.05, 4.69) is 31.5 Å². The van der Waals surface area contributed by atoms with Crippen molar-refractivity contribution in [2.75, 3.05) is 25.0 Å². The summed E-state index contributed by atoms with van der Waals surface area (Å²) in [6.07, 6.45) is 11.3. The van der Waals surface area contributed by atoms with Crippen LogP contribution in [0.4, 0.5) is 6.01 Å². The molecule has 1 saturated heterocycles. The minimum Gasteiger partial charge on any atom is -0.408 e. The SMILES string of the molecule is c1cncc([C@H](CNc2nnc(C3CCC3)o2)N2CCCCC2)c1. The molecule has 0 bridgehead atoms. The average Bonchev–Trinajstić information content (AvgIpc) is 3.04. The van der Waals surface area contributed by atoms with Gasteiger partial charge in [0.25, 0.3) is 0 Å². The van der Waals surface area contributed by atoms with Crippen LogP contribution < -0.4 is 5.32 Å². The van der Waals surface area contributed by atoms with Crippen molar-refractivity contribution >= 4 is 6.01 Å². The molecule has 0 aromatic carbocycles. The van der Waals surface area contributed by atoms with Gasteiger partial charge in [-0.1, -0.05) is 24.0 Å². The summed E-state index contributed by atoms with van der Waals surface area (Å²) in [5, 5.41) is 11.7. The van der Waals surface area contributed by atoms with Gasteiger partial charge in [-0.25, -0.2) is 0 Å². The number of nitrogens with zero attached hydrogens (tertiary/aromatic N) is 4. The fraction of sp³-hybridized carbons (Fsp3) is 0.611. The van der Waals surface area contributed by atoms with E-state index in [9.17, 15) is 0 Å². The molecule has 2 aromatic rings. The number of likely N-dealkylation sites (tertiary alicyclic amines) is 1. The highest BCUT2D eigenvalue weighted by molar-refractivity contribution is 5.23. The van der Waals surface area contributed by atoms with E-state index < -0.39 is 0 Å². The van der Waals surface area contributed by atoms with Crippen LogP contribution in [-0.2, 0) is 0 Å². The fourth-order valence-corrected chi connectivity index (χ4v) is 3.57. The highest BCUT2D eigenvalue weighted by Crippen LogP contribution is 2.36. The molecule has 128 valence electrons. The fourth-order valence-electron chi connectivity index (χ4n) is 3.57. The largest absolute Gasteiger partial charge is 0.408 e. The molecule has 0 amide bonds. The number of piperidine rings is 1. The van der Waals surface area contributed by atoms with E-state index in [0.717, 1.165) is 25.5 Å². The zero-order valence-electron chi connectivity index (χ0n) is 14.0. The van der Waals surface area contributed by atoms with Gasteiger partial charge in [0.1, 0.15) is 0 Å². The van der Waals surface area contributed by atoms with E-state index in [4.69, 9.17) is 4.42 Å². The quantitative estimate of drug-likeness (QED) is 0.877. The Morgan fingerprint density at radius 1 is 1.17 bits per heavy atom. The molecule has 6 nitrogen and oxygen atoms in total. The molecule has 2 fully saturated rings. The molecular formula is C18H25N5O. The average molecular weight is 327 g/mol. The van der Waals surface area contributed by atoms with Crippen LogP contribution in [0.1, 0.15) is 61.9 Å². The van der Waals surface area contributed by atoms with Crippen LogP contribution in [0.5, 0.6) is 0 Å². The van der Waals surface area contributed by atoms with E-state index in [0.29, 0.717) is 11.9 Å². The maximum absolute atomic E-state index is 5.79. The Balaban J connectivity index is 1.44. The molecule has 0 spiro atoms. The number of nitrogens with one attached hydrogen (secondary N) is 1. The maximum atomic E-state index is 5.79. The van der Waals surface area contributed by atoms with Gasteiger partial charge in [-0.15, -0.1) is 5.10 Å². The zero-order chi connectivity index (χ0) is 16.2. The predicted molar refractivity (Wildman–Crippen MR) is 91.8 cm³/mol. The molecule has 1 aliphatic heterocycles. The van der Waals surface area contributed by atoms with Crippen molar-refractivity contribution in [3.8, 4) is 0 Å². The lowest BCUT2D eigenvalue weighted by Gasteiger charge is -2.34. The number of aromatic nitrogens is 3. The first-order chi connectivity index (χ1) is 11.9. The van der Waals surface area contributed by atoms with Crippen LogP contribution in [0.2, 0.25) is 0 Å². The summed E-state index contributed by atoms with van der Waals surface area (Å²) in [6.45, 7) is 3.04.